The number of nitrogens with one attached hydrogen (secondary N) is 6. The highest BCUT2D eigenvalue weighted by Crippen LogP contribution is 2.34. The third-order valence-electron chi connectivity index (χ3n) is 14.6. The summed E-state index contributed by atoms with van der Waals surface area (Å²) in [5, 5.41) is 43.4. The highest BCUT2D eigenvalue weighted by atomic mass is 19.4. The van der Waals surface area contributed by atoms with Crippen LogP contribution < -0.4 is 43.0 Å². The van der Waals surface area contributed by atoms with Crippen LogP contribution in [0.2, 0.25) is 0 Å². The van der Waals surface area contributed by atoms with E-state index in [2.05, 4.69) is 42.1 Å². The van der Waals surface area contributed by atoms with Crippen molar-refractivity contribution in [1.29, 1.82) is 10.5 Å². The zero-order chi connectivity index (χ0) is 68.8. The molecule has 6 amide bonds. The summed E-state index contributed by atoms with van der Waals surface area (Å²) in [4.78, 5) is 79.7. The van der Waals surface area contributed by atoms with Crippen molar-refractivity contribution in [3.8, 4) is 57.4 Å². The Hall–Kier alpha value is -10.9. The van der Waals surface area contributed by atoms with Gasteiger partial charge in [0, 0.05) is 73.2 Å². The normalized spacial score (nSPS) is 11.4. The molecule has 0 saturated heterocycles. The van der Waals surface area contributed by atoms with Crippen molar-refractivity contribution in [2.45, 2.75) is 39.0 Å². The van der Waals surface area contributed by atoms with Crippen LogP contribution in [0.25, 0.3) is 45.3 Å². The van der Waals surface area contributed by atoms with E-state index in [0.29, 0.717) is 70.9 Å². The third-order valence-corrected chi connectivity index (χ3v) is 14.6. The van der Waals surface area contributed by atoms with E-state index in [0.717, 1.165) is 33.4 Å². The van der Waals surface area contributed by atoms with E-state index in [4.69, 9.17) is 18.9 Å². The van der Waals surface area contributed by atoms with Gasteiger partial charge in [0.25, 0.3) is 22.9 Å². The van der Waals surface area contributed by atoms with Gasteiger partial charge in [0.05, 0.1) is 122 Å². The van der Waals surface area contributed by atoms with Crippen LogP contribution in [0, 0.1) is 36.5 Å². The minimum atomic E-state index is -4.71. The van der Waals surface area contributed by atoms with Gasteiger partial charge in [0.15, 0.2) is 0 Å². The lowest BCUT2D eigenvalue weighted by Gasteiger charge is -2.19. The molecule has 4 heterocycles. The molecule has 0 aliphatic rings. The van der Waals surface area contributed by atoms with E-state index in [1.165, 1.54) is 58.2 Å². The van der Waals surface area contributed by atoms with Crippen molar-refractivity contribution in [1.82, 2.24) is 60.6 Å². The maximum Gasteiger partial charge on any atom is 0.416 e. The van der Waals surface area contributed by atoms with Crippen molar-refractivity contribution >= 4 is 23.9 Å². The topological polar surface area (TPSA) is 305 Å². The molecule has 0 fully saturated rings. The molecule has 4 aromatic carbocycles. The zero-order valence-electron chi connectivity index (χ0n) is 51.9. The first-order chi connectivity index (χ1) is 46.2. The van der Waals surface area contributed by atoms with Crippen LogP contribution in [-0.4, -0.2) is 145 Å². The lowest BCUT2D eigenvalue weighted by molar-refractivity contribution is -0.138. The SMILES string of the molecule is Cc1c(-c2ccnn2-c2ccc(C#N)cc2)cc(C(=O)NCCOCCOCCNC(=O)NCCCCNC(=O)NCCOCCOCCNC(=O)c2cc(-c3ccnn3-c3ccc(C#N)cc3)c(C)n(-c3cccc(C(F)(F)F)c3)c2=O)c(=O)n1-c1cccc(C(F)(F)F)c1. The Labute approximate surface area is 545 Å². The predicted molar refractivity (Wildman–Crippen MR) is 338 cm³/mol. The minimum absolute atomic E-state index is 0.0187. The summed E-state index contributed by atoms with van der Waals surface area (Å²) < 4.78 is 110. The molecule has 0 spiro atoms. The molecule has 96 heavy (non-hydrogen) atoms. The Morgan fingerprint density at radius 1 is 0.448 bits per heavy atom. The van der Waals surface area contributed by atoms with Gasteiger partial charge in [-0.05, 0) is 136 Å². The summed E-state index contributed by atoms with van der Waals surface area (Å²) in [5.41, 5.74) is -0.765. The fourth-order valence-electron chi connectivity index (χ4n) is 9.86. The number of carbonyl (C=O) groups is 4. The van der Waals surface area contributed by atoms with Crippen molar-refractivity contribution in [3.63, 3.8) is 0 Å². The molecule has 0 aliphatic carbocycles. The second kappa shape index (κ2) is 33.8. The van der Waals surface area contributed by atoms with Crippen molar-refractivity contribution in [2.75, 3.05) is 92.1 Å². The monoisotopic (exact) mass is 1330 g/mol. The molecule has 0 radical (unpaired) electrons. The number of urea groups is 2. The molecule has 8 aromatic rings. The highest BCUT2D eigenvalue weighted by molar-refractivity contribution is 5.96. The molecule has 4 aromatic heterocycles. The van der Waals surface area contributed by atoms with Gasteiger partial charge in [-0.3, -0.25) is 28.3 Å². The summed E-state index contributed by atoms with van der Waals surface area (Å²) in [6.45, 7) is 4.99. The van der Waals surface area contributed by atoms with Crippen LogP contribution in [0.3, 0.4) is 0 Å². The van der Waals surface area contributed by atoms with Gasteiger partial charge in [-0.15, -0.1) is 0 Å². The molecule has 0 unspecified atom stereocenters. The Kier molecular flexibility index (Phi) is 25.0. The van der Waals surface area contributed by atoms with Crippen LogP contribution in [0.1, 0.15) is 67.2 Å². The molecule has 8 rings (SSSR count). The van der Waals surface area contributed by atoms with Gasteiger partial charge in [-0.25, -0.2) is 19.0 Å². The Balaban J connectivity index is 0.661. The van der Waals surface area contributed by atoms with E-state index in [9.17, 15) is 65.6 Å². The molecular weight excluding hydrogens is 1260 g/mol. The number of hydrogen-bond donors (Lipinski definition) is 6. The lowest BCUT2D eigenvalue weighted by Crippen LogP contribution is -2.39. The Morgan fingerprint density at radius 3 is 1.14 bits per heavy atom. The van der Waals surface area contributed by atoms with Crippen molar-refractivity contribution in [2.24, 2.45) is 0 Å². The first-order valence-electron chi connectivity index (χ1n) is 30.1. The number of halogens is 6. The molecule has 502 valence electrons. The number of nitriles is 2. The van der Waals surface area contributed by atoms with Crippen molar-refractivity contribution in [3.05, 3.63) is 199 Å². The van der Waals surface area contributed by atoms with Gasteiger partial charge in [-0.2, -0.15) is 47.1 Å². The maximum absolute atomic E-state index is 14.0. The van der Waals surface area contributed by atoms with Crippen LogP contribution in [0.5, 0.6) is 0 Å². The smallest absolute Gasteiger partial charge is 0.377 e. The summed E-state index contributed by atoms with van der Waals surface area (Å²) in [7, 11) is 0. The first kappa shape index (κ1) is 70.9. The molecule has 0 aliphatic heterocycles. The van der Waals surface area contributed by atoms with Gasteiger partial charge in [0.2, 0.25) is 0 Å². The van der Waals surface area contributed by atoms with Gasteiger partial charge in [-0.1, -0.05) is 12.1 Å². The third kappa shape index (κ3) is 18.9. The fourth-order valence-corrected chi connectivity index (χ4v) is 9.86. The van der Waals surface area contributed by atoms with E-state index in [1.807, 2.05) is 12.1 Å². The maximum atomic E-state index is 14.0. The summed E-state index contributed by atoms with van der Waals surface area (Å²) in [5.74, 6) is -1.60. The second-order valence-corrected chi connectivity index (χ2v) is 21.1. The molecule has 0 saturated carbocycles. The summed E-state index contributed by atoms with van der Waals surface area (Å²) in [6.07, 6.45) is -5.31. The molecular formula is C66H66F6N14O10. The molecule has 6 N–H and O–H groups in total. The van der Waals surface area contributed by atoms with Crippen LogP contribution >= 0.6 is 0 Å². The fraction of sp³-hybridized carbons (Fsp3) is 0.303. The number of ether oxygens (including phenoxy) is 4. The zero-order valence-corrected chi connectivity index (χ0v) is 51.9. The van der Waals surface area contributed by atoms with Crippen LogP contribution in [-0.2, 0) is 31.3 Å². The number of aromatic nitrogens is 6. The van der Waals surface area contributed by atoms with Gasteiger partial charge >= 0.3 is 24.4 Å². The average Bonchev–Trinajstić information content (AvgIpc) is 1.13. The van der Waals surface area contributed by atoms with Crippen LogP contribution in [0.4, 0.5) is 35.9 Å². The summed E-state index contributed by atoms with van der Waals surface area (Å²) in [6, 6.07) is 30.6. The number of hydrogen-bond acceptors (Lipinski definition) is 14. The number of alkyl halides is 6. The Bertz CT molecular complexity index is 3960. The molecule has 30 heteroatoms. The van der Waals surface area contributed by atoms with Crippen molar-refractivity contribution < 1.29 is 64.5 Å². The van der Waals surface area contributed by atoms with E-state index in [1.54, 1.807) is 74.5 Å². The van der Waals surface area contributed by atoms with E-state index >= 15 is 0 Å². The first-order valence-corrected chi connectivity index (χ1v) is 30.1. The number of unbranched alkanes of at least 4 members (excludes halogenated alkanes) is 1. The predicted octanol–water partition coefficient (Wildman–Crippen LogP) is 7.70. The number of benzene rings is 4. The number of nitrogens with zero attached hydrogens (tertiary/aromatic N) is 8. The largest absolute Gasteiger partial charge is 0.416 e. The lowest BCUT2D eigenvalue weighted by atomic mass is 10.0. The summed E-state index contributed by atoms with van der Waals surface area (Å²) >= 11 is 0. The second-order valence-electron chi connectivity index (χ2n) is 21.1. The quantitative estimate of drug-likeness (QED) is 0.0179. The average molecular weight is 1330 g/mol. The standard InChI is InChI=1S/C66H66F6N14O10/c1-43-53(57-19-23-81-85(57)49-15-11-45(41-73)12-16-49)39-55(61(89)83(43)51-9-5-7-47(37-51)65(67,68)69)59(87)75-25-29-93-33-35-95-31-27-79-63(91)77-21-3-4-22-78-64(92)80-28-32-96-36-34-94-30-26-76-60(88)56-40-54(58-20-24-82-86(58)50-17-13-46(42-74)14-18-50)44(2)84(62(56)90)52-10-6-8-48(38-52)66(70,71)72/h5-20,23-24,37-40H,3-4,21-22,25-36H2,1-2H3,(H,75,87)(H,76,88)(H2,77,79,91)(H2,78,80,92). The van der Waals surface area contributed by atoms with E-state index in [-0.39, 0.29) is 113 Å². The molecule has 24 nitrogen and oxygen atoms in total. The number of carbonyl (C=O) groups excluding carboxylic acids is 4. The van der Waals surface area contributed by atoms with Gasteiger partial charge in [0.1, 0.15) is 11.1 Å². The van der Waals surface area contributed by atoms with Crippen LogP contribution in [0.15, 0.2) is 143 Å². The number of pyridine rings is 2. The molecule has 0 bridgehead atoms. The van der Waals surface area contributed by atoms with Gasteiger partial charge < -0.3 is 50.8 Å². The molecule has 0 atom stereocenters. The van der Waals surface area contributed by atoms with E-state index < -0.39 is 58.5 Å². The number of amides is 6. The Morgan fingerprint density at radius 2 is 0.792 bits per heavy atom. The highest BCUT2D eigenvalue weighted by Gasteiger charge is 2.33. The minimum Gasteiger partial charge on any atom is -0.377 e. The number of rotatable bonds is 31.